The van der Waals surface area contributed by atoms with Gasteiger partial charge in [-0.3, -0.25) is 4.79 Å². The molecule has 1 aromatic rings. The van der Waals surface area contributed by atoms with Crippen molar-refractivity contribution >= 4 is 23.3 Å². The van der Waals surface area contributed by atoms with E-state index in [1.165, 1.54) is 30.1 Å². The first kappa shape index (κ1) is 14.2. The number of hydrogen-bond acceptors (Lipinski definition) is 3. The molecule has 0 unspecified atom stereocenters. The van der Waals surface area contributed by atoms with E-state index in [9.17, 15) is 9.18 Å². The van der Waals surface area contributed by atoms with Crippen molar-refractivity contribution in [1.29, 1.82) is 0 Å². The minimum absolute atomic E-state index is 0.0403. The van der Waals surface area contributed by atoms with Gasteiger partial charge in [0.1, 0.15) is 5.82 Å². The summed E-state index contributed by atoms with van der Waals surface area (Å²) in [6.07, 6.45) is -0.180. The lowest BCUT2D eigenvalue weighted by Gasteiger charge is -2.16. The zero-order valence-electron chi connectivity index (χ0n) is 9.73. The van der Waals surface area contributed by atoms with Crippen LogP contribution in [0.4, 0.5) is 4.39 Å². The molecule has 0 aromatic heterocycles. The molecule has 0 aliphatic carbocycles. The summed E-state index contributed by atoms with van der Waals surface area (Å²) >= 11 is 5.81. The summed E-state index contributed by atoms with van der Waals surface area (Å²) in [6.45, 7) is -0.0403. The molecule has 1 rings (SSSR count). The number of hydrogen-bond donors (Lipinski definition) is 2. The van der Waals surface area contributed by atoms with Crippen molar-refractivity contribution in [3.05, 3.63) is 34.6 Å². The molecule has 0 fully saturated rings. The van der Waals surface area contributed by atoms with Gasteiger partial charge in [0.05, 0.1) is 13.0 Å². The summed E-state index contributed by atoms with van der Waals surface area (Å²) in [6, 6.07) is 4.21. The molecule has 98 valence electrons. The van der Waals surface area contributed by atoms with Crippen molar-refractivity contribution in [2.24, 2.45) is 10.9 Å². The summed E-state index contributed by atoms with van der Waals surface area (Å²) in [7, 11) is 1.47. The van der Waals surface area contributed by atoms with E-state index in [4.69, 9.17) is 22.5 Å². The predicted octanol–water partition coefficient (Wildman–Crippen LogP) is 1.23. The molecule has 0 bridgehead atoms. The fourth-order valence-corrected chi connectivity index (χ4v) is 1.58. The number of oxime groups is 1. The maximum Gasteiger partial charge on any atom is 0.227 e. The molecule has 0 radical (unpaired) electrons. The first-order valence-corrected chi connectivity index (χ1v) is 5.46. The fraction of sp³-hybridized carbons (Fsp3) is 0.273. The van der Waals surface area contributed by atoms with E-state index in [-0.39, 0.29) is 35.3 Å². The van der Waals surface area contributed by atoms with Crippen LogP contribution in [0.25, 0.3) is 0 Å². The minimum atomic E-state index is -0.534. The van der Waals surface area contributed by atoms with Gasteiger partial charge in [0.25, 0.3) is 0 Å². The number of amidine groups is 1. The van der Waals surface area contributed by atoms with E-state index < -0.39 is 5.82 Å². The molecule has 1 amide bonds. The predicted molar refractivity (Wildman–Crippen MR) is 66.2 cm³/mol. The largest absolute Gasteiger partial charge is 0.409 e. The second-order valence-electron chi connectivity index (χ2n) is 3.72. The summed E-state index contributed by atoms with van der Waals surface area (Å²) in [5, 5.41) is 11.3. The Morgan fingerprint density at radius 3 is 2.83 bits per heavy atom. The Bertz CT molecular complexity index is 459. The third-order valence-corrected chi connectivity index (χ3v) is 2.70. The van der Waals surface area contributed by atoms with Crippen LogP contribution in [0.1, 0.15) is 5.56 Å². The number of nitrogens with two attached hydrogens (primary N) is 1. The highest BCUT2D eigenvalue weighted by atomic mass is 35.5. The molecule has 7 heteroatoms. The standard InChI is InChI=1S/C11H13ClFN3O2/c1-16(6-10(14)15-18)11(17)5-7-8(12)3-2-4-9(7)13/h2-4,18H,5-6H2,1H3,(H2,14,15). The average molecular weight is 274 g/mol. The number of carbonyl (C=O) groups is 1. The van der Waals surface area contributed by atoms with Crippen LogP contribution in [0.15, 0.2) is 23.4 Å². The molecular formula is C11H13ClFN3O2. The summed E-state index contributed by atoms with van der Waals surface area (Å²) in [5.74, 6) is -1.02. The third kappa shape index (κ3) is 3.59. The Hall–Kier alpha value is -1.82. The number of benzene rings is 1. The molecular weight excluding hydrogens is 261 g/mol. The highest BCUT2D eigenvalue weighted by molar-refractivity contribution is 6.31. The highest BCUT2D eigenvalue weighted by Gasteiger charge is 2.15. The van der Waals surface area contributed by atoms with Crippen LogP contribution in [-0.4, -0.2) is 35.4 Å². The number of rotatable bonds is 4. The highest BCUT2D eigenvalue weighted by Crippen LogP contribution is 2.19. The molecule has 0 aliphatic rings. The number of likely N-dealkylation sites (N-methyl/N-ethyl adjacent to an activating group) is 1. The fourth-order valence-electron chi connectivity index (χ4n) is 1.35. The van der Waals surface area contributed by atoms with Crippen LogP contribution in [0.5, 0.6) is 0 Å². The summed E-state index contributed by atoms with van der Waals surface area (Å²) in [4.78, 5) is 13.0. The lowest BCUT2D eigenvalue weighted by Crippen LogP contribution is -2.36. The lowest BCUT2D eigenvalue weighted by molar-refractivity contribution is -0.128. The molecule has 0 atom stereocenters. The second kappa shape index (κ2) is 6.20. The van der Waals surface area contributed by atoms with Crippen molar-refractivity contribution in [2.45, 2.75) is 6.42 Å². The maximum atomic E-state index is 13.5. The van der Waals surface area contributed by atoms with Gasteiger partial charge in [0.2, 0.25) is 5.91 Å². The van der Waals surface area contributed by atoms with Crippen LogP contribution in [0.3, 0.4) is 0 Å². The zero-order chi connectivity index (χ0) is 13.7. The van der Waals surface area contributed by atoms with E-state index in [2.05, 4.69) is 5.16 Å². The summed E-state index contributed by atoms with van der Waals surface area (Å²) in [5.41, 5.74) is 5.41. The molecule has 1 aromatic carbocycles. The van der Waals surface area contributed by atoms with Gasteiger partial charge < -0.3 is 15.8 Å². The smallest absolute Gasteiger partial charge is 0.227 e. The van der Waals surface area contributed by atoms with E-state index in [1.807, 2.05) is 0 Å². The van der Waals surface area contributed by atoms with Gasteiger partial charge in [-0.25, -0.2) is 4.39 Å². The SMILES string of the molecule is CN(CC(N)=NO)C(=O)Cc1c(F)cccc1Cl. The molecule has 0 saturated heterocycles. The van der Waals surface area contributed by atoms with E-state index >= 15 is 0 Å². The van der Waals surface area contributed by atoms with Crippen molar-refractivity contribution in [1.82, 2.24) is 4.90 Å². The second-order valence-corrected chi connectivity index (χ2v) is 4.13. The maximum absolute atomic E-state index is 13.5. The van der Waals surface area contributed by atoms with Crippen molar-refractivity contribution in [3.63, 3.8) is 0 Å². The van der Waals surface area contributed by atoms with Crippen molar-refractivity contribution in [3.8, 4) is 0 Å². The Kier molecular flexibility index (Phi) is 4.91. The Morgan fingerprint density at radius 2 is 2.28 bits per heavy atom. The van der Waals surface area contributed by atoms with Crippen molar-refractivity contribution < 1.29 is 14.4 Å². The molecule has 5 nitrogen and oxygen atoms in total. The van der Waals surface area contributed by atoms with Gasteiger partial charge in [0, 0.05) is 17.6 Å². The third-order valence-electron chi connectivity index (χ3n) is 2.34. The van der Waals surface area contributed by atoms with Gasteiger partial charge in [-0.15, -0.1) is 0 Å². The molecule has 18 heavy (non-hydrogen) atoms. The Morgan fingerprint density at radius 1 is 1.61 bits per heavy atom. The zero-order valence-corrected chi connectivity index (χ0v) is 10.5. The number of nitrogens with zero attached hydrogens (tertiary/aromatic N) is 2. The normalized spacial score (nSPS) is 11.4. The number of amides is 1. The van der Waals surface area contributed by atoms with E-state index in [0.29, 0.717) is 0 Å². The van der Waals surface area contributed by atoms with Gasteiger partial charge in [-0.1, -0.05) is 22.8 Å². The first-order chi connectivity index (χ1) is 8.45. The molecule has 0 spiro atoms. The van der Waals surface area contributed by atoms with Gasteiger partial charge in [-0.05, 0) is 12.1 Å². The first-order valence-electron chi connectivity index (χ1n) is 5.09. The van der Waals surface area contributed by atoms with Crippen LogP contribution in [-0.2, 0) is 11.2 Å². The van der Waals surface area contributed by atoms with Gasteiger partial charge >= 0.3 is 0 Å². The molecule has 0 heterocycles. The van der Waals surface area contributed by atoms with Gasteiger partial charge in [-0.2, -0.15) is 0 Å². The van der Waals surface area contributed by atoms with E-state index in [1.54, 1.807) is 0 Å². The number of halogens is 2. The Labute approximate surface area is 109 Å². The van der Waals surface area contributed by atoms with Crippen LogP contribution < -0.4 is 5.73 Å². The molecule has 0 saturated carbocycles. The van der Waals surface area contributed by atoms with Crippen LogP contribution in [0, 0.1) is 5.82 Å². The monoisotopic (exact) mass is 273 g/mol. The van der Waals surface area contributed by atoms with Crippen LogP contribution >= 0.6 is 11.6 Å². The topological polar surface area (TPSA) is 78.9 Å². The Balaban J connectivity index is 2.76. The minimum Gasteiger partial charge on any atom is -0.409 e. The lowest BCUT2D eigenvalue weighted by atomic mass is 10.1. The molecule has 3 N–H and O–H groups in total. The molecule has 0 aliphatic heterocycles. The summed E-state index contributed by atoms with van der Waals surface area (Å²) < 4.78 is 13.5. The number of carbonyl (C=O) groups excluding carboxylic acids is 1. The van der Waals surface area contributed by atoms with Crippen LogP contribution in [0.2, 0.25) is 5.02 Å². The van der Waals surface area contributed by atoms with Crippen molar-refractivity contribution in [2.75, 3.05) is 13.6 Å². The van der Waals surface area contributed by atoms with E-state index in [0.717, 1.165) is 0 Å². The van der Waals surface area contributed by atoms with Gasteiger partial charge in [0.15, 0.2) is 5.84 Å². The average Bonchev–Trinajstić information content (AvgIpc) is 2.33. The quantitative estimate of drug-likeness (QED) is 0.375.